The molecule has 23 heavy (non-hydrogen) atoms. The van der Waals surface area contributed by atoms with Gasteiger partial charge in [-0.15, -0.1) is 0 Å². The lowest BCUT2D eigenvalue weighted by molar-refractivity contribution is -0.120. The van der Waals surface area contributed by atoms with Crippen molar-refractivity contribution in [3.05, 3.63) is 70.0 Å². The van der Waals surface area contributed by atoms with Crippen molar-refractivity contribution in [2.24, 2.45) is 0 Å². The molecule has 0 saturated carbocycles. The van der Waals surface area contributed by atoms with E-state index in [0.29, 0.717) is 6.54 Å². The minimum atomic E-state index is -0.450. The zero-order valence-electron chi connectivity index (χ0n) is 12.6. The van der Waals surface area contributed by atoms with Gasteiger partial charge in [0.2, 0.25) is 5.91 Å². The van der Waals surface area contributed by atoms with E-state index in [0.717, 1.165) is 13.0 Å². The maximum atomic E-state index is 13.7. The average Bonchev–Trinajstić information content (AvgIpc) is 2.56. The molecule has 0 spiro atoms. The summed E-state index contributed by atoms with van der Waals surface area (Å²) in [7, 11) is 0. The molecular weight excluding hydrogens is 315 g/mol. The summed E-state index contributed by atoms with van der Waals surface area (Å²) < 4.78 is 13.7. The van der Waals surface area contributed by atoms with Gasteiger partial charge in [-0.2, -0.15) is 0 Å². The summed E-state index contributed by atoms with van der Waals surface area (Å²) in [6.07, 6.45) is 0.936. The number of hydrogen-bond acceptors (Lipinski definition) is 2. The van der Waals surface area contributed by atoms with Gasteiger partial charge >= 0.3 is 0 Å². The fraction of sp³-hybridized carbons (Fsp3) is 0.278. The molecule has 0 fully saturated rings. The molecule has 1 heterocycles. The molecule has 5 heteroatoms. The van der Waals surface area contributed by atoms with E-state index in [4.69, 9.17) is 11.6 Å². The van der Waals surface area contributed by atoms with Crippen LogP contribution in [0.3, 0.4) is 0 Å². The number of halogens is 2. The summed E-state index contributed by atoms with van der Waals surface area (Å²) in [6.45, 7) is 1.36. The van der Waals surface area contributed by atoms with Gasteiger partial charge in [-0.25, -0.2) is 4.39 Å². The molecule has 120 valence electrons. The molecule has 0 aromatic heterocycles. The van der Waals surface area contributed by atoms with Crippen molar-refractivity contribution in [3.8, 4) is 0 Å². The van der Waals surface area contributed by atoms with Gasteiger partial charge in [0.25, 0.3) is 0 Å². The molecule has 0 saturated heterocycles. The van der Waals surface area contributed by atoms with Gasteiger partial charge < -0.3 is 10.6 Å². The standard InChI is InChI=1S/C18H18ClFN2O/c19-15-6-3-7-16(20)14(15)10-18(23)22-11-17-13-5-2-1-4-12(13)8-9-21-17/h1-7,17,21H,8-11H2,(H,22,23). The topological polar surface area (TPSA) is 41.1 Å². The third kappa shape index (κ3) is 3.71. The van der Waals surface area contributed by atoms with Crippen molar-refractivity contribution in [2.75, 3.05) is 13.1 Å². The van der Waals surface area contributed by atoms with E-state index in [1.165, 1.54) is 23.3 Å². The minimum absolute atomic E-state index is 0.0557. The number of fused-ring (bicyclic) bond motifs is 1. The van der Waals surface area contributed by atoms with Crippen LogP contribution in [0.2, 0.25) is 5.02 Å². The van der Waals surface area contributed by atoms with Crippen molar-refractivity contribution in [2.45, 2.75) is 18.9 Å². The lowest BCUT2D eigenvalue weighted by Gasteiger charge is -2.27. The quantitative estimate of drug-likeness (QED) is 0.903. The smallest absolute Gasteiger partial charge is 0.224 e. The number of carbonyl (C=O) groups is 1. The molecule has 3 nitrogen and oxygen atoms in total. The molecule has 1 atom stereocenters. The zero-order valence-corrected chi connectivity index (χ0v) is 13.4. The summed E-state index contributed by atoms with van der Waals surface area (Å²) in [5.74, 6) is -0.685. The monoisotopic (exact) mass is 332 g/mol. The second kappa shape index (κ2) is 7.11. The normalized spacial score (nSPS) is 16.7. The van der Waals surface area contributed by atoms with E-state index < -0.39 is 5.82 Å². The molecule has 1 amide bonds. The summed E-state index contributed by atoms with van der Waals surface area (Å²) in [4.78, 5) is 12.1. The Kier molecular flexibility index (Phi) is 4.94. The second-order valence-electron chi connectivity index (χ2n) is 5.64. The lowest BCUT2D eigenvalue weighted by Crippen LogP contribution is -2.39. The van der Waals surface area contributed by atoms with Gasteiger partial charge in [-0.3, -0.25) is 4.79 Å². The number of amides is 1. The largest absolute Gasteiger partial charge is 0.354 e. The Morgan fingerprint density at radius 1 is 1.26 bits per heavy atom. The van der Waals surface area contributed by atoms with Crippen molar-refractivity contribution < 1.29 is 9.18 Å². The van der Waals surface area contributed by atoms with Crippen molar-refractivity contribution in [3.63, 3.8) is 0 Å². The highest BCUT2D eigenvalue weighted by atomic mass is 35.5. The van der Waals surface area contributed by atoms with Crippen LogP contribution in [-0.4, -0.2) is 19.0 Å². The number of benzene rings is 2. The van der Waals surface area contributed by atoms with Gasteiger partial charge in [0, 0.05) is 23.2 Å². The first-order valence-corrected chi connectivity index (χ1v) is 8.03. The Bertz CT molecular complexity index is 700. The first kappa shape index (κ1) is 16.0. The van der Waals surface area contributed by atoms with E-state index in [9.17, 15) is 9.18 Å². The van der Waals surface area contributed by atoms with Crippen molar-refractivity contribution in [1.29, 1.82) is 0 Å². The number of nitrogens with one attached hydrogen (secondary N) is 2. The number of carbonyl (C=O) groups excluding carboxylic acids is 1. The van der Waals surface area contributed by atoms with Crippen molar-refractivity contribution in [1.82, 2.24) is 10.6 Å². The lowest BCUT2D eigenvalue weighted by atomic mass is 9.94. The van der Waals surface area contributed by atoms with Crippen LogP contribution in [-0.2, 0) is 17.6 Å². The maximum Gasteiger partial charge on any atom is 0.224 e. The Hall–Kier alpha value is -1.91. The molecule has 0 bridgehead atoms. The van der Waals surface area contributed by atoms with Crippen LogP contribution in [0.25, 0.3) is 0 Å². The summed E-state index contributed by atoms with van der Waals surface area (Å²) in [5, 5.41) is 6.55. The predicted molar refractivity (Wildman–Crippen MR) is 89.0 cm³/mol. The zero-order chi connectivity index (χ0) is 16.2. The molecule has 2 aromatic carbocycles. The van der Waals surface area contributed by atoms with E-state index in [-0.39, 0.29) is 29.0 Å². The highest BCUT2D eigenvalue weighted by molar-refractivity contribution is 6.31. The number of rotatable bonds is 4. The molecule has 2 aromatic rings. The van der Waals surface area contributed by atoms with Gasteiger partial charge in [0.05, 0.1) is 6.42 Å². The molecular formula is C18H18ClFN2O. The van der Waals surface area contributed by atoms with Crippen LogP contribution in [0.15, 0.2) is 42.5 Å². The van der Waals surface area contributed by atoms with Gasteiger partial charge in [0.15, 0.2) is 0 Å². The molecule has 1 aliphatic rings. The third-order valence-corrected chi connectivity index (χ3v) is 4.47. The van der Waals surface area contributed by atoms with Crippen LogP contribution < -0.4 is 10.6 Å². The van der Waals surface area contributed by atoms with E-state index >= 15 is 0 Å². The maximum absolute atomic E-state index is 13.7. The van der Waals surface area contributed by atoms with E-state index in [2.05, 4.69) is 22.8 Å². The summed E-state index contributed by atoms with van der Waals surface area (Å²) in [6, 6.07) is 12.7. The van der Waals surface area contributed by atoms with Gasteiger partial charge in [-0.1, -0.05) is 41.9 Å². The molecule has 0 radical (unpaired) electrons. The summed E-state index contributed by atoms with van der Waals surface area (Å²) in [5.41, 5.74) is 2.76. The molecule has 1 unspecified atom stereocenters. The Balaban J connectivity index is 1.62. The van der Waals surface area contributed by atoms with E-state index in [1.54, 1.807) is 6.07 Å². The first-order chi connectivity index (χ1) is 11.1. The predicted octanol–water partition coefficient (Wildman–Crippen LogP) is 3.02. The third-order valence-electron chi connectivity index (χ3n) is 4.12. The van der Waals surface area contributed by atoms with Gasteiger partial charge in [-0.05, 0) is 36.2 Å². The highest BCUT2D eigenvalue weighted by Crippen LogP contribution is 2.22. The Morgan fingerprint density at radius 2 is 2.09 bits per heavy atom. The average molecular weight is 333 g/mol. The van der Waals surface area contributed by atoms with E-state index in [1.807, 2.05) is 12.1 Å². The fourth-order valence-electron chi connectivity index (χ4n) is 2.92. The first-order valence-electron chi connectivity index (χ1n) is 7.66. The van der Waals surface area contributed by atoms with Crippen LogP contribution >= 0.6 is 11.6 Å². The van der Waals surface area contributed by atoms with Crippen LogP contribution in [0.4, 0.5) is 4.39 Å². The SMILES string of the molecule is O=C(Cc1c(F)cccc1Cl)NCC1NCCc2ccccc21. The van der Waals surface area contributed by atoms with Crippen LogP contribution in [0.1, 0.15) is 22.7 Å². The molecule has 2 N–H and O–H groups in total. The Morgan fingerprint density at radius 3 is 2.91 bits per heavy atom. The minimum Gasteiger partial charge on any atom is -0.354 e. The fourth-order valence-corrected chi connectivity index (χ4v) is 3.14. The molecule has 0 aliphatic carbocycles. The van der Waals surface area contributed by atoms with Gasteiger partial charge in [0.1, 0.15) is 5.82 Å². The van der Waals surface area contributed by atoms with Crippen LogP contribution in [0.5, 0.6) is 0 Å². The van der Waals surface area contributed by atoms with Crippen molar-refractivity contribution >= 4 is 17.5 Å². The Labute approximate surface area is 139 Å². The molecule has 1 aliphatic heterocycles. The highest BCUT2D eigenvalue weighted by Gasteiger charge is 2.20. The van der Waals surface area contributed by atoms with Crippen LogP contribution in [0, 0.1) is 5.82 Å². The second-order valence-corrected chi connectivity index (χ2v) is 6.04. The number of hydrogen-bond donors (Lipinski definition) is 2. The molecule has 3 rings (SSSR count). The summed E-state index contributed by atoms with van der Waals surface area (Å²) >= 11 is 5.96.